The molecule has 1 unspecified atom stereocenters. The van der Waals surface area contributed by atoms with Crippen molar-refractivity contribution < 1.29 is 4.42 Å². The Kier molecular flexibility index (Phi) is 5.07. The summed E-state index contributed by atoms with van der Waals surface area (Å²) in [6.07, 6.45) is 5.94. The fraction of sp³-hybridized carbons (Fsp3) is 0.435. The number of fused-ring (bicyclic) bond motifs is 2. The van der Waals surface area contributed by atoms with E-state index in [2.05, 4.69) is 36.9 Å². The van der Waals surface area contributed by atoms with Gasteiger partial charge in [0.1, 0.15) is 5.52 Å². The topological polar surface area (TPSA) is 29.3 Å². The molecule has 1 heterocycles. The van der Waals surface area contributed by atoms with Crippen molar-refractivity contribution >= 4 is 11.1 Å². The maximum absolute atomic E-state index is 6.09. The second-order valence-corrected chi connectivity index (χ2v) is 7.36. The molecule has 136 valence electrons. The van der Waals surface area contributed by atoms with Crippen molar-refractivity contribution in [3.05, 3.63) is 53.6 Å². The van der Waals surface area contributed by atoms with Crippen LogP contribution in [0.1, 0.15) is 44.2 Å². The fourth-order valence-electron chi connectivity index (χ4n) is 4.32. The van der Waals surface area contributed by atoms with Crippen LogP contribution in [-0.2, 0) is 12.8 Å². The van der Waals surface area contributed by atoms with Gasteiger partial charge in [0.15, 0.2) is 5.58 Å². The van der Waals surface area contributed by atoms with E-state index in [1.807, 2.05) is 24.3 Å². The van der Waals surface area contributed by atoms with Gasteiger partial charge < -0.3 is 9.32 Å². The Hall–Kier alpha value is -2.13. The molecular formula is C23H28N2O. The summed E-state index contributed by atoms with van der Waals surface area (Å²) in [5, 5.41) is 0. The van der Waals surface area contributed by atoms with E-state index in [1.165, 1.54) is 49.0 Å². The number of hydrogen-bond acceptors (Lipinski definition) is 3. The first-order valence-corrected chi connectivity index (χ1v) is 10.0. The van der Waals surface area contributed by atoms with Crippen molar-refractivity contribution in [3.63, 3.8) is 0 Å². The van der Waals surface area contributed by atoms with E-state index in [4.69, 9.17) is 9.40 Å². The third-order valence-corrected chi connectivity index (χ3v) is 5.52. The average Bonchev–Trinajstić information content (AvgIpc) is 3.11. The molecule has 2 aromatic carbocycles. The summed E-state index contributed by atoms with van der Waals surface area (Å²) in [5.41, 5.74) is 5.88. The highest BCUT2D eigenvalue weighted by Gasteiger charge is 2.26. The van der Waals surface area contributed by atoms with Crippen LogP contribution >= 0.6 is 0 Å². The maximum atomic E-state index is 6.09. The Morgan fingerprint density at radius 2 is 1.85 bits per heavy atom. The normalized spacial score (nSPS) is 17.0. The summed E-state index contributed by atoms with van der Waals surface area (Å²) in [6, 6.07) is 15.3. The molecule has 1 aliphatic rings. The van der Waals surface area contributed by atoms with Crippen LogP contribution in [0.3, 0.4) is 0 Å². The van der Waals surface area contributed by atoms with Gasteiger partial charge in [0.2, 0.25) is 5.89 Å². The van der Waals surface area contributed by atoms with E-state index in [0.29, 0.717) is 6.04 Å². The number of aryl methyl sites for hydroxylation is 1. The predicted molar refractivity (Wildman–Crippen MR) is 107 cm³/mol. The first-order chi connectivity index (χ1) is 12.8. The summed E-state index contributed by atoms with van der Waals surface area (Å²) in [5.74, 6) is 0.765. The maximum Gasteiger partial charge on any atom is 0.227 e. The van der Waals surface area contributed by atoms with E-state index < -0.39 is 0 Å². The van der Waals surface area contributed by atoms with Crippen molar-refractivity contribution in [2.75, 3.05) is 13.1 Å². The molecule has 1 atom stereocenters. The highest BCUT2D eigenvalue weighted by molar-refractivity contribution is 5.77. The number of para-hydroxylation sites is 2. The van der Waals surface area contributed by atoms with Gasteiger partial charge in [0.25, 0.3) is 0 Å². The molecule has 0 amide bonds. The molecule has 3 nitrogen and oxygen atoms in total. The minimum absolute atomic E-state index is 0.632. The first-order valence-electron chi connectivity index (χ1n) is 10.0. The molecule has 0 spiro atoms. The first kappa shape index (κ1) is 17.3. The van der Waals surface area contributed by atoms with Gasteiger partial charge in [-0.05, 0) is 74.5 Å². The van der Waals surface area contributed by atoms with Crippen LogP contribution < -0.4 is 0 Å². The van der Waals surface area contributed by atoms with Crippen LogP contribution in [0.2, 0.25) is 0 Å². The fourth-order valence-corrected chi connectivity index (χ4v) is 4.32. The minimum Gasteiger partial charge on any atom is -0.436 e. The van der Waals surface area contributed by atoms with Gasteiger partial charge in [-0.25, -0.2) is 4.98 Å². The lowest BCUT2D eigenvalue weighted by Crippen LogP contribution is -2.40. The van der Waals surface area contributed by atoms with Gasteiger partial charge >= 0.3 is 0 Å². The Bertz CT molecular complexity index is 844. The quantitative estimate of drug-likeness (QED) is 0.591. The summed E-state index contributed by atoms with van der Waals surface area (Å²) < 4.78 is 6.09. The lowest BCUT2D eigenvalue weighted by Gasteiger charge is -2.35. The zero-order chi connectivity index (χ0) is 17.9. The largest absolute Gasteiger partial charge is 0.436 e. The molecule has 0 fully saturated rings. The molecule has 3 heteroatoms. The Balaban J connectivity index is 1.69. The second kappa shape index (κ2) is 7.63. The zero-order valence-electron chi connectivity index (χ0n) is 15.9. The van der Waals surface area contributed by atoms with Gasteiger partial charge in [-0.15, -0.1) is 0 Å². The van der Waals surface area contributed by atoms with E-state index in [-0.39, 0.29) is 0 Å². The van der Waals surface area contributed by atoms with E-state index in [1.54, 1.807) is 0 Å². The van der Waals surface area contributed by atoms with Crippen LogP contribution in [-0.4, -0.2) is 29.0 Å². The zero-order valence-corrected chi connectivity index (χ0v) is 15.9. The van der Waals surface area contributed by atoms with Gasteiger partial charge in [-0.3, -0.25) is 0 Å². The van der Waals surface area contributed by atoms with Gasteiger partial charge in [0.05, 0.1) is 0 Å². The highest BCUT2D eigenvalue weighted by Crippen LogP contribution is 2.34. The lowest BCUT2D eigenvalue weighted by molar-refractivity contribution is 0.180. The van der Waals surface area contributed by atoms with E-state index in [9.17, 15) is 0 Å². The summed E-state index contributed by atoms with van der Waals surface area (Å²) in [6.45, 7) is 6.95. The molecule has 0 bridgehead atoms. The second-order valence-electron chi connectivity index (χ2n) is 7.36. The Morgan fingerprint density at radius 3 is 2.62 bits per heavy atom. The summed E-state index contributed by atoms with van der Waals surface area (Å²) >= 11 is 0. The third-order valence-electron chi connectivity index (χ3n) is 5.52. The predicted octanol–water partition coefficient (Wildman–Crippen LogP) is 5.47. The van der Waals surface area contributed by atoms with Crippen molar-refractivity contribution in [2.45, 2.75) is 52.0 Å². The van der Waals surface area contributed by atoms with E-state index >= 15 is 0 Å². The molecule has 0 saturated heterocycles. The molecule has 3 aromatic rings. The van der Waals surface area contributed by atoms with Crippen LogP contribution in [0, 0.1) is 0 Å². The molecule has 4 rings (SSSR count). The molecule has 1 aromatic heterocycles. The van der Waals surface area contributed by atoms with E-state index in [0.717, 1.165) is 29.8 Å². The smallest absolute Gasteiger partial charge is 0.227 e. The van der Waals surface area contributed by atoms with Crippen LogP contribution in [0.4, 0.5) is 0 Å². The molecule has 0 saturated carbocycles. The standard InChI is InChI=1S/C23H28N2O/c1-3-14-25(15-4-2)18-13-12-17-8-7-9-19(20(17)16-18)23-24-21-10-5-6-11-22(21)26-23/h5-11,18H,3-4,12-16H2,1-2H3. The van der Waals surface area contributed by atoms with Crippen molar-refractivity contribution in [1.29, 1.82) is 0 Å². The van der Waals surface area contributed by atoms with Crippen molar-refractivity contribution in [2.24, 2.45) is 0 Å². The molecule has 26 heavy (non-hydrogen) atoms. The van der Waals surface area contributed by atoms with Gasteiger partial charge in [0, 0.05) is 11.6 Å². The van der Waals surface area contributed by atoms with Crippen molar-refractivity contribution in [1.82, 2.24) is 9.88 Å². The average molecular weight is 348 g/mol. The van der Waals surface area contributed by atoms with Crippen LogP contribution in [0.5, 0.6) is 0 Å². The summed E-state index contributed by atoms with van der Waals surface area (Å²) in [7, 11) is 0. The van der Waals surface area contributed by atoms with Crippen LogP contribution in [0.15, 0.2) is 46.9 Å². The SMILES string of the molecule is CCCN(CCC)C1CCc2cccc(-c3nc4ccccc4o3)c2C1. The lowest BCUT2D eigenvalue weighted by atomic mass is 9.84. The summed E-state index contributed by atoms with van der Waals surface area (Å²) in [4.78, 5) is 7.44. The molecule has 1 aliphatic carbocycles. The number of nitrogens with zero attached hydrogens (tertiary/aromatic N) is 2. The number of aromatic nitrogens is 1. The monoisotopic (exact) mass is 348 g/mol. The van der Waals surface area contributed by atoms with Crippen molar-refractivity contribution in [3.8, 4) is 11.5 Å². The Morgan fingerprint density at radius 1 is 1.04 bits per heavy atom. The number of hydrogen-bond donors (Lipinski definition) is 0. The molecular weight excluding hydrogens is 320 g/mol. The van der Waals surface area contributed by atoms with Gasteiger partial charge in [-0.2, -0.15) is 0 Å². The molecule has 0 radical (unpaired) electrons. The number of rotatable bonds is 6. The Labute approximate surface area is 156 Å². The number of oxazole rings is 1. The van der Waals surface area contributed by atoms with Crippen LogP contribution in [0.25, 0.3) is 22.6 Å². The minimum atomic E-state index is 0.632. The number of benzene rings is 2. The third kappa shape index (κ3) is 3.28. The highest BCUT2D eigenvalue weighted by atomic mass is 16.3. The molecule has 0 N–H and O–H groups in total. The van der Waals surface area contributed by atoms with Gasteiger partial charge in [-0.1, -0.05) is 38.1 Å². The molecule has 0 aliphatic heterocycles.